The highest BCUT2D eigenvalue weighted by Gasteiger charge is 2.15. The Morgan fingerprint density at radius 1 is 1.03 bits per heavy atom. The Bertz CT molecular complexity index is 1160. The van der Waals surface area contributed by atoms with Crippen molar-refractivity contribution in [2.24, 2.45) is 4.99 Å². The maximum Gasteiger partial charge on any atom is 0.337 e. The van der Waals surface area contributed by atoms with E-state index in [9.17, 15) is 14.4 Å². The topological polar surface area (TPSA) is 96.2 Å². The molecule has 3 aromatic rings. The van der Waals surface area contributed by atoms with Crippen molar-refractivity contribution in [3.63, 3.8) is 0 Å². The molecule has 1 aromatic heterocycles. The number of hydrogen-bond donors (Lipinski definition) is 0. The van der Waals surface area contributed by atoms with Crippen LogP contribution in [0.2, 0.25) is 0 Å². The minimum atomic E-state index is -0.477. The normalized spacial score (nSPS) is 11.4. The molecule has 30 heavy (non-hydrogen) atoms. The Morgan fingerprint density at radius 3 is 2.37 bits per heavy atom. The first kappa shape index (κ1) is 21.3. The number of benzene rings is 2. The predicted molar refractivity (Wildman–Crippen MR) is 111 cm³/mol. The van der Waals surface area contributed by atoms with Crippen LogP contribution in [0.4, 0.5) is 0 Å². The van der Waals surface area contributed by atoms with Crippen molar-refractivity contribution in [3.05, 3.63) is 58.4 Å². The number of aromatic nitrogens is 1. The number of rotatable bonds is 6. The SMILES string of the molecule is CCOC(=O)Cn1c(=NC(=O)c2ccc(OC)cc2)sc2cc(C(=O)OC)ccc21. The molecule has 0 bridgehead atoms. The lowest BCUT2D eigenvalue weighted by molar-refractivity contribution is -0.143. The summed E-state index contributed by atoms with van der Waals surface area (Å²) in [6.45, 7) is 1.85. The van der Waals surface area contributed by atoms with E-state index in [0.717, 1.165) is 0 Å². The average Bonchev–Trinajstić information content (AvgIpc) is 3.09. The Hall–Kier alpha value is -3.46. The van der Waals surface area contributed by atoms with Gasteiger partial charge >= 0.3 is 11.9 Å². The summed E-state index contributed by atoms with van der Waals surface area (Å²) in [5.41, 5.74) is 1.40. The first-order valence-corrected chi connectivity index (χ1v) is 9.89. The summed E-state index contributed by atoms with van der Waals surface area (Å²) in [7, 11) is 2.84. The molecule has 156 valence electrons. The molecule has 1 amide bonds. The average molecular weight is 428 g/mol. The lowest BCUT2D eigenvalue weighted by Gasteiger charge is -2.05. The van der Waals surface area contributed by atoms with Crippen LogP contribution in [0.3, 0.4) is 0 Å². The number of thiazole rings is 1. The van der Waals surface area contributed by atoms with E-state index in [1.165, 1.54) is 18.4 Å². The molecule has 0 atom stereocenters. The minimum absolute atomic E-state index is 0.111. The lowest BCUT2D eigenvalue weighted by Crippen LogP contribution is -2.23. The van der Waals surface area contributed by atoms with E-state index in [2.05, 4.69) is 4.99 Å². The fourth-order valence-corrected chi connectivity index (χ4v) is 3.84. The van der Waals surface area contributed by atoms with Crippen molar-refractivity contribution in [1.82, 2.24) is 4.57 Å². The van der Waals surface area contributed by atoms with Gasteiger partial charge in [0.15, 0.2) is 4.80 Å². The first-order valence-electron chi connectivity index (χ1n) is 9.07. The van der Waals surface area contributed by atoms with Crippen LogP contribution in [0.1, 0.15) is 27.6 Å². The Morgan fingerprint density at radius 2 is 1.73 bits per heavy atom. The molecule has 0 fully saturated rings. The third-order valence-corrected chi connectivity index (χ3v) is 5.27. The molecule has 0 aliphatic carbocycles. The summed E-state index contributed by atoms with van der Waals surface area (Å²) >= 11 is 1.19. The second-order valence-electron chi connectivity index (χ2n) is 6.10. The number of ether oxygens (including phenoxy) is 3. The lowest BCUT2D eigenvalue weighted by atomic mass is 10.2. The number of nitrogens with zero attached hydrogens (tertiary/aromatic N) is 2. The number of carbonyl (C=O) groups is 3. The van der Waals surface area contributed by atoms with Gasteiger partial charge in [0, 0.05) is 5.56 Å². The van der Waals surface area contributed by atoms with Gasteiger partial charge in [-0.15, -0.1) is 0 Å². The summed E-state index contributed by atoms with van der Waals surface area (Å²) in [6, 6.07) is 11.5. The third kappa shape index (κ3) is 4.57. The first-order chi connectivity index (χ1) is 14.5. The quantitative estimate of drug-likeness (QED) is 0.560. The van der Waals surface area contributed by atoms with Crippen LogP contribution in [0, 0.1) is 0 Å². The number of methoxy groups -OCH3 is 2. The highest BCUT2D eigenvalue weighted by Crippen LogP contribution is 2.20. The summed E-state index contributed by atoms with van der Waals surface area (Å²) in [5.74, 6) is -0.765. The Balaban J connectivity index is 2.09. The number of esters is 2. The van der Waals surface area contributed by atoms with Gasteiger partial charge in [0.1, 0.15) is 12.3 Å². The minimum Gasteiger partial charge on any atom is -0.497 e. The van der Waals surface area contributed by atoms with Gasteiger partial charge in [-0.1, -0.05) is 11.3 Å². The molecule has 8 nitrogen and oxygen atoms in total. The van der Waals surface area contributed by atoms with E-state index >= 15 is 0 Å². The van der Waals surface area contributed by atoms with Crippen LogP contribution < -0.4 is 9.54 Å². The molecular weight excluding hydrogens is 408 g/mol. The Kier molecular flexibility index (Phi) is 6.63. The van der Waals surface area contributed by atoms with Gasteiger partial charge in [-0.25, -0.2) is 4.79 Å². The van der Waals surface area contributed by atoms with E-state index < -0.39 is 17.8 Å². The fourth-order valence-electron chi connectivity index (χ4n) is 2.78. The van der Waals surface area contributed by atoms with Crippen LogP contribution >= 0.6 is 11.3 Å². The fraction of sp³-hybridized carbons (Fsp3) is 0.238. The van der Waals surface area contributed by atoms with Gasteiger partial charge in [-0.3, -0.25) is 9.59 Å². The second kappa shape index (κ2) is 9.36. The van der Waals surface area contributed by atoms with Crippen molar-refractivity contribution in [2.45, 2.75) is 13.5 Å². The monoisotopic (exact) mass is 428 g/mol. The van der Waals surface area contributed by atoms with E-state index in [4.69, 9.17) is 14.2 Å². The van der Waals surface area contributed by atoms with Crippen molar-refractivity contribution in [1.29, 1.82) is 0 Å². The van der Waals surface area contributed by atoms with Crippen LogP contribution in [0.5, 0.6) is 5.75 Å². The van der Waals surface area contributed by atoms with Gasteiger partial charge in [0.25, 0.3) is 5.91 Å². The third-order valence-electron chi connectivity index (χ3n) is 4.23. The van der Waals surface area contributed by atoms with Crippen molar-refractivity contribution in [2.75, 3.05) is 20.8 Å². The smallest absolute Gasteiger partial charge is 0.337 e. The Labute approximate surface area is 176 Å². The van der Waals surface area contributed by atoms with E-state index in [1.807, 2.05) is 0 Å². The van der Waals surface area contributed by atoms with E-state index in [1.54, 1.807) is 61.1 Å². The van der Waals surface area contributed by atoms with Crippen LogP contribution in [-0.4, -0.2) is 43.2 Å². The summed E-state index contributed by atoms with van der Waals surface area (Å²) in [6.07, 6.45) is 0. The molecular formula is C21H20N2O6S. The van der Waals surface area contributed by atoms with Crippen molar-refractivity contribution < 1.29 is 28.6 Å². The number of fused-ring (bicyclic) bond motifs is 1. The van der Waals surface area contributed by atoms with Crippen LogP contribution in [-0.2, 0) is 20.8 Å². The molecule has 9 heteroatoms. The molecule has 0 radical (unpaired) electrons. The second-order valence-corrected chi connectivity index (χ2v) is 7.10. The molecule has 2 aromatic carbocycles. The van der Waals surface area contributed by atoms with Gasteiger partial charge in [0.05, 0.1) is 36.6 Å². The van der Waals surface area contributed by atoms with Gasteiger partial charge in [-0.2, -0.15) is 4.99 Å². The molecule has 0 saturated heterocycles. The molecule has 0 unspecified atom stereocenters. The highest BCUT2D eigenvalue weighted by atomic mass is 32.1. The van der Waals surface area contributed by atoms with E-state index in [-0.39, 0.29) is 13.2 Å². The maximum absolute atomic E-state index is 12.7. The van der Waals surface area contributed by atoms with Crippen LogP contribution in [0.15, 0.2) is 47.5 Å². The van der Waals surface area contributed by atoms with Gasteiger partial charge in [-0.05, 0) is 49.4 Å². The zero-order chi connectivity index (χ0) is 21.7. The largest absolute Gasteiger partial charge is 0.497 e. The predicted octanol–water partition coefficient (Wildman–Crippen LogP) is 2.80. The maximum atomic E-state index is 12.7. The summed E-state index contributed by atoms with van der Waals surface area (Å²) in [4.78, 5) is 41.1. The van der Waals surface area contributed by atoms with Crippen molar-refractivity contribution >= 4 is 39.4 Å². The zero-order valence-electron chi connectivity index (χ0n) is 16.7. The molecule has 1 heterocycles. The van der Waals surface area contributed by atoms with Crippen LogP contribution in [0.25, 0.3) is 10.2 Å². The molecule has 0 aliphatic rings. The zero-order valence-corrected chi connectivity index (χ0v) is 17.5. The summed E-state index contributed by atoms with van der Waals surface area (Å²) in [5, 5.41) is 0. The number of amides is 1. The van der Waals surface area contributed by atoms with E-state index in [0.29, 0.717) is 31.9 Å². The molecule has 3 rings (SSSR count). The van der Waals surface area contributed by atoms with Gasteiger partial charge in [0.2, 0.25) is 0 Å². The molecule has 0 aliphatic heterocycles. The number of hydrogen-bond acceptors (Lipinski definition) is 7. The molecule has 0 N–H and O–H groups in total. The van der Waals surface area contributed by atoms with Crippen molar-refractivity contribution in [3.8, 4) is 5.75 Å². The number of carbonyl (C=O) groups excluding carboxylic acids is 3. The van der Waals surface area contributed by atoms with Gasteiger partial charge < -0.3 is 18.8 Å². The molecule has 0 spiro atoms. The standard InChI is InChI=1S/C21H20N2O6S/c1-4-29-18(24)12-23-16-10-7-14(20(26)28-3)11-17(16)30-21(23)22-19(25)13-5-8-15(27-2)9-6-13/h5-11H,4,12H2,1-3H3. The summed E-state index contributed by atoms with van der Waals surface area (Å²) < 4.78 is 17.2. The molecule has 0 saturated carbocycles. The highest BCUT2D eigenvalue weighted by molar-refractivity contribution is 7.16.